The number of rotatable bonds is 1. The molecular formula is C12H16N4OS. The Morgan fingerprint density at radius 1 is 1.33 bits per heavy atom. The van der Waals surface area contributed by atoms with E-state index in [2.05, 4.69) is 40.7 Å². The number of hydrogen-bond acceptors (Lipinski definition) is 4. The lowest BCUT2D eigenvalue weighted by atomic mass is 10.2. The number of hydrogen-bond donors (Lipinski definition) is 2. The van der Waals surface area contributed by atoms with Crippen LogP contribution in [0.3, 0.4) is 0 Å². The highest BCUT2D eigenvalue weighted by Crippen LogP contribution is 2.45. The maximum atomic E-state index is 11.7. The highest BCUT2D eigenvalue weighted by atomic mass is 32.2. The average molecular weight is 264 g/mol. The minimum Gasteiger partial charge on any atom is -0.308 e. The summed E-state index contributed by atoms with van der Waals surface area (Å²) in [5.74, 6) is 0. The predicted molar refractivity (Wildman–Crippen MR) is 72.4 cm³/mol. The van der Waals surface area contributed by atoms with Crippen LogP contribution < -0.4 is 15.5 Å². The molecule has 5 nitrogen and oxygen atoms in total. The number of para-hydroxylation sites is 1. The van der Waals surface area contributed by atoms with Gasteiger partial charge in [-0.15, -0.1) is 0 Å². The van der Waals surface area contributed by atoms with E-state index in [9.17, 15) is 4.79 Å². The van der Waals surface area contributed by atoms with Crippen LogP contribution in [-0.4, -0.2) is 36.8 Å². The summed E-state index contributed by atoms with van der Waals surface area (Å²) >= 11 is 1.69. The van der Waals surface area contributed by atoms with Crippen LogP contribution in [-0.2, 0) is 0 Å². The zero-order valence-corrected chi connectivity index (χ0v) is 11.4. The Bertz CT molecular complexity index is 505. The third kappa shape index (κ3) is 1.64. The Morgan fingerprint density at radius 3 is 2.83 bits per heavy atom. The average Bonchev–Trinajstić information content (AvgIpc) is 2.66. The first-order valence-corrected chi connectivity index (χ1v) is 6.74. The quantitative estimate of drug-likeness (QED) is 0.804. The number of nitrogens with zero attached hydrogens (tertiary/aromatic N) is 2. The first-order chi connectivity index (χ1) is 8.58. The lowest BCUT2D eigenvalue weighted by Crippen LogP contribution is -2.68. The van der Waals surface area contributed by atoms with Gasteiger partial charge < -0.3 is 15.5 Å². The first kappa shape index (κ1) is 11.7. The van der Waals surface area contributed by atoms with Gasteiger partial charge in [0.25, 0.3) is 0 Å². The molecule has 18 heavy (non-hydrogen) atoms. The zero-order valence-electron chi connectivity index (χ0n) is 10.6. The summed E-state index contributed by atoms with van der Waals surface area (Å²) in [4.78, 5) is 17.1. The molecule has 1 aromatic rings. The van der Waals surface area contributed by atoms with Crippen molar-refractivity contribution in [1.82, 2.24) is 15.5 Å². The van der Waals surface area contributed by atoms with Crippen LogP contribution >= 0.6 is 11.8 Å². The van der Waals surface area contributed by atoms with Gasteiger partial charge in [-0.1, -0.05) is 23.9 Å². The van der Waals surface area contributed by atoms with Gasteiger partial charge in [-0.3, -0.25) is 4.90 Å². The third-order valence-corrected chi connectivity index (χ3v) is 4.37. The molecule has 0 radical (unpaired) electrons. The largest absolute Gasteiger partial charge is 0.319 e. The monoisotopic (exact) mass is 264 g/mol. The minimum absolute atomic E-state index is 0.0257. The second kappa shape index (κ2) is 4.07. The molecule has 6 heteroatoms. The van der Waals surface area contributed by atoms with Gasteiger partial charge >= 0.3 is 6.03 Å². The molecule has 2 unspecified atom stereocenters. The summed E-state index contributed by atoms with van der Waals surface area (Å²) in [6, 6.07) is 6.14. The van der Waals surface area contributed by atoms with Crippen molar-refractivity contribution in [1.29, 1.82) is 0 Å². The second-order valence-electron chi connectivity index (χ2n) is 4.75. The number of urea groups is 1. The number of benzene rings is 1. The van der Waals surface area contributed by atoms with Crippen molar-refractivity contribution < 1.29 is 4.79 Å². The van der Waals surface area contributed by atoms with Crippen LogP contribution in [0.2, 0.25) is 0 Å². The van der Waals surface area contributed by atoms with E-state index < -0.39 is 0 Å². The number of aryl methyl sites for hydroxylation is 1. The lowest BCUT2D eigenvalue weighted by molar-refractivity contribution is 0.186. The van der Waals surface area contributed by atoms with Crippen LogP contribution in [0.15, 0.2) is 23.1 Å². The molecule has 2 aliphatic heterocycles. The van der Waals surface area contributed by atoms with E-state index in [-0.39, 0.29) is 17.8 Å². The predicted octanol–water partition coefficient (Wildman–Crippen LogP) is 1.35. The van der Waals surface area contributed by atoms with E-state index in [0.717, 1.165) is 0 Å². The molecule has 1 fully saturated rings. The Balaban J connectivity index is 2.06. The van der Waals surface area contributed by atoms with Gasteiger partial charge in [0.15, 0.2) is 11.8 Å². The molecule has 2 atom stereocenters. The van der Waals surface area contributed by atoms with Gasteiger partial charge in [0.1, 0.15) is 0 Å². The summed E-state index contributed by atoms with van der Waals surface area (Å²) in [6.45, 7) is 2.10. The lowest BCUT2D eigenvalue weighted by Gasteiger charge is -2.42. The van der Waals surface area contributed by atoms with Crippen LogP contribution in [0, 0.1) is 6.92 Å². The highest BCUT2D eigenvalue weighted by Gasteiger charge is 2.41. The van der Waals surface area contributed by atoms with Crippen LogP contribution in [0.1, 0.15) is 5.56 Å². The summed E-state index contributed by atoms with van der Waals surface area (Å²) in [5.41, 5.74) is 2.41. The fourth-order valence-electron chi connectivity index (χ4n) is 2.42. The molecule has 3 rings (SSSR count). The molecular weight excluding hydrogens is 248 g/mol. The van der Waals surface area contributed by atoms with Crippen molar-refractivity contribution in [3.05, 3.63) is 23.8 Å². The summed E-state index contributed by atoms with van der Waals surface area (Å²) in [6.07, 6.45) is -0.112. The number of nitrogens with one attached hydrogen (secondary N) is 2. The van der Waals surface area contributed by atoms with Crippen molar-refractivity contribution in [2.45, 2.75) is 23.6 Å². The van der Waals surface area contributed by atoms with E-state index in [1.54, 1.807) is 11.8 Å². The molecule has 2 N–H and O–H groups in total. The topological polar surface area (TPSA) is 47.6 Å². The van der Waals surface area contributed by atoms with Gasteiger partial charge in [0, 0.05) is 4.90 Å². The molecule has 96 valence electrons. The Kier molecular flexibility index (Phi) is 2.64. The first-order valence-electron chi connectivity index (χ1n) is 5.86. The summed E-state index contributed by atoms with van der Waals surface area (Å²) in [5, 5.41) is 5.89. The molecule has 1 saturated heterocycles. The number of carbonyl (C=O) groups excluding carboxylic acids is 1. The molecule has 0 aliphatic carbocycles. The van der Waals surface area contributed by atoms with E-state index >= 15 is 0 Å². The summed E-state index contributed by atoms with van der Waals surface area (Å²) < 4.78 is 0. The Labute approximate surface area is 111 Å². The van der Waals surface area contributed by atoms with Gasteiger partial charge in [-0.05, 0) is 32.6 Å². The van der Waals surface area contributed by atoms with Crippen molar-refractivity contribution in [2.24, 2.45) is 0 Å². The zero-order chi connectivity index (χ0) is 12.9. The number of thioether (sulfide) groups is 1. The molecule has 2 aliphatic rings. The molecule has 1 aromatic carbocycles. The Hall–Kier alpha value is -1.40. The fraction of sp³-hybridized carbons (Fsp3) is 0.417. The van der Waals surface area contributed by atoms with Crippen LogP contribution in [0.5, 0.6) is 0 Å². The molecule has 0 spiro atoms. The fourth-order valence-corrected chi connectivity index (χ4v) is 3.70. The van der Waals surface area contributed by atoms with E-state index in [4.69, 9.17) is 0 Å². The Morgan fingerprint density at radius 2 is 2.11 bits per heavy atom. The van der Waals surface area contributed by atoms with E-state index in [0.29, 0.717) is 0 Å². The van der Waals surface area contributed by atoms with Crippen molar-refractivity contribution in [2.75, 3.05) is 19.0 Å². The molecule has 2 heterocycles. The van der Waals surface area contributed by atoms with Gasteiger partial charge in [-0.25, -0.2) is 4.79 Å². The third-order valence-electron chi connectivity index (χ3n) is 3.22. The molecule has 0 saturated carbocycles. The minimum atomic E-state index is -0.118. The standard InChI is InChI=1S/C12H16N4OS/c1-7-5-4-6-8-9(7)16-11(15(2)3)13-10(17)14-12(16)18-8/h4-6,11-12H,1-3H3,(H2,13,14,17). The maximum Gasteiger partial charge on any atom is 0.319 e. The highest BCUT2D eigenvalue weighted by molar-refractivity contribution is 8.00. The molecule has 2 amide bonds. The second-order valence-corrected chi connectivity index (χ2v) is 5.88. The number of amides is 2. The van der Waals surface area contributed by atoms with E-state index in [1.165, 1.54) is 16.1 Å². The normalized spacial score (nSPS) is 25.6. The molecule has 0 bridgehead atoms. The smallest absolute Gasteiger partial charge is 0.308 e. The number of anilines is 1. The van der Waals surface area contributed by atoms with Crippen molar-refractivity contribution in [3.8, 4) is 0 Å². The van der Waals surface area contributed by atoms with E-state index in [1.807, 2.05) is 19.0 Å². The number of carbonyl (C=O) groups is 1. The maximum absolute atomic E-state index is 11.7. The van der Waals surface area contributed by atoms with Crippen LogP contribution in [0.25, 0.3) is 0 Å². The van der Waals surface area contributed by atoms with Crippen molar-refractivity contribution >= 4 is 23.5 Å². The number of fused-ring (bicyclic) bond motifs is 3. The van der Waals surface area contributed by atoms with Gasteiger partial charge in [0.05, 0.1) is 5.69 Å². The SMILES string of the molecule is Cc1cccc2c1N1C(NC(=O)NC1N(C)C)S2. The molecule has 0 aromatic heterocycles. The van der Waals surface area contributed by atoms with Gasteiger partial charge in [-0.2, -0.15) is 0 Å². The van der Waals surface area contributed by atoms with Crippen LogP contribution in [0.4, 0.5) is 10.5 Å². The van der Waals surface area contributed by atoms with Gasteiger partial charge in [0.2, 0.25) is 0 Å². The summed E-state index contributed by atoms with van der Waals surface area (Å²) in [7, 11) is 3.93. The van der Waals surface area contributed by atoms with Crippen molar-refractivity contribution in [3.63, 3.8) is 0 Å².